The Balaban J connectivity index is 0.935. The lowest BCUT2D eigenvalue weighted by Gasteiger charge is -2.42. The van der Waals surface area contributed by atoms with E-state index in [1.54, 1.807) is 31.5 Å². The first kappa shape index (κ1) is 60.0. The van der Waals surface area contributed by atoms with Gasteiger partial charge in [0.25, 0.3) is 17.7 Å². The zero-order valence-electron chi connectivity index (χ0n) is 50.9. The summed E-state index contributed by atoms with van der Waals surface area (Å²) >= 11 is 0. The molecule has 3 aliphatic heterocycles. The van der Waals surface area contributed by atoms with Crippen molar-refractivity contribution in [1.82, 2.24) is 44.0 Å². The van der Waals surface area contributed by atoms with E-state index < -0.39 is 87.3 Å². The summed E-state index contributed by atoms with van der Waals surface area (Å²) in [7, 11) is 0. The number of carbonyl (C=O) groups excluding carboxylic acids is 3. The number of halogens is 1. The van der Waals surface area contributed by atoms with Crippen molar-refractivity contribution in [3.05, 3.63) is 273 Å². The number of aromatic nitrogens is 6. The number of fused-ring (bicyclic) bond motifs is 3. The molecule has 0 fully saturated rings. The molecule has 0 radical (unpaired) electrons. The van der Waals surface area contributed by atoms with Crippen molar-refractivity contribution in [3.8, 4) is 23.0 Å². The largest absolute Gasteiger partial charge is 0.502 e. The van der Waals surface area contributed by atoms with Crippen molar-refractivity contribution in [1.29, 1.82) is 0 Å². The van der Waals surface area contributed by atoms with Gasteiger partial charge in [0.2, 0.25) is 22.0 Å². The Kier molecular flexibility index (Phi) is 16.2. The quantitative estimate of drug-likeness (QED) is 0.0924. The van der Waals surface area contributed by atoms with Gasteiger partial charge in [-0.25, -0.2) is 4.39 Å². The number of ether oxygens (including phenoxy) is 1. The van der Waals surface area contributed by atoms with Crippen LogP contribution in [0.3, 0.4) is 0 Å². The summed E-state index contributed by atoms with van der Waals surface area (Å²) in [4.78, 5) is 89.3. The second-order valence-electron chi connectivity index (χ2n) is 24.2. The third-order valence-electron chi connectivity index (χ3n) is 17.8. The minimum atomic E-state index is -0.864. The van der Waals surface area contributed by atoms with Crippen molar-refractivity contribution in [2.45, 2.75) is 103 Å². The standard InChI is InChI=1S/C71H68FN9O9/c1-8-76-37-54(60(46-19-11-9-12-20-46)48-23-15-17-41(4)25-48)81-65(69(76)87)68(59(84)36-75-81)90-53-28-43(6)27-50(33-53)62(49-24-16-18-42(5)26-49)56-39-78(71(89)64-67(86)58(83)35-74-80(56)64)44(7)29-45-30-51(32-52(72)31-45)61(47-21-13-10-14-22-47)55-38-77(40(2)3)70(88)63-66(85)57(82)34-73-79(55)63/h9-28,30-36,40,44,54-56,60-62,85-86H,8,29,37-39H2,1-7H3. The molecule has 2 N–H and O–H groups in total. The van der Waals surface area contributed by atoms with Crippen molar-refractivity contribution in [2.75, 3.05) is 26.2 Å². The summed E-state index contributed by atoms with van der Waals surface area (Å²) in [5.74, 6) is -5.43. The fourth-order valence-corrected chi connectivity index (χ4v) is 13.7. The van der Waals surface area contributed by atoms with Gasteiger partial charge in [-0.15, -0.1) is 0 Å². The van der Waals surface area contributed by atoms with Gasteiger partial charge in [0.15, 0.2) is 28.6 Å². The molecular formula is C71H68FN9O9. The van der Waals surface area contributed by atoms with Crippen LogP contribution in [0.25, 0.3) is 0 Å². The number of aromatic hydroxyl groups is 2. The van der Waals surface area contributed by atoms with Gasteiger partial charge in [-0.1, -0.05) is 132 Å². The van der Waals surface area contributed by atoms with Crippen LogP contribution >= 0.6 is 0 Å². The Morgan fingerprint density at radius 1 is 0.500 bits per heavy atom. The summed E-state index contributed by atoms with van der Waals surface area (Å²) in [5.41, 5.74) is 4.99. The number of aryl methyl sites for hydroxylation is 3. The Morgan fingerprint density at radius 3 is 1.51 bits per heavy atom. The second-order valence-corrected chi connectivity index (χ2v) is 24.2. The van der Waals surface area contributed by atoms with E-state index in [0.717, 1.165) is 51.3 Å². The highest BCUT2D eigenvalue weighted by Gasteiger charge is 2.45. The molecule has 6 heterocycles. The average molecular weight is 1210 g/mol. The third-order valence-corrected chi connectivity index (χ3v) is 17.8. The van der Waals surface area contributed by atoms with Gasteiger partial charge in [0.1, 0.15) is 11.6 Å². The van der Waals surface area contributed by atoms with Crippen molar-refractivity contribution in [2.24, 2.45) is 0 Å². The molecule has 3 aromatic heterocycles. The molecule has 458 valence electrons. The fourth-order valence-electron chi connectivity index (χ4n) is 13.7. The first-order valence-electron chi connectivity index (χ1n) is 30.2. The van der Waals surface area contributed by atoms with Gasteiger partial charge < -0.3 is 29.6 Å². The van der Waals surface area contributed by atoms with Gasteiger partial charge in [-0.05, 0) is 124 Å². The molecule has 0 aliphatic carbocycles. The number of nitrogens with zero attached hydrogens (tertiary/aromatic N) is 9. The van der Waals surface area contributed by atoms with Crippen LogP contribution in [0, 0.1) is 26.6 Å². The molecule has 0 saturated heterocycles. The highest BCUT2D eigenvalue weighted by atomic mass is 19.1. The molecule has 0 spiro atoms. The Labute approximate surface area is 518 Å². The lowest BCUT2D eigenvalue weighted by molar-refractivity contribution is 0.0548. The average Bonchev–Trinajstić information content (AvgIpc) is 0.821. The van der Waals surface area contributed by atoms with Crippen LogP contribution in [0.4, 0.5) is 4.39 Å². The molecule has 0 bridgehead atoms. The van der Waals surface area contributed by atoms with E-state index in [2.05, 4.69) is 39.6 Å². The number of likely N-dealkylation sites (N-methyl/N-ethyl adjacent to an activating group) is 1. The maximum absolute atomic E-state index is 16.6. The smallest absolute Gasteiger partial charge is 0.276 e. The zero-order chi connectivity index (χ0) is 63.4. The minimum absolute atomic E-state index is 0.00477. The maximum atomic E-state index is 16.6. The lowest BCUT2D eigenvalue weighted by atomic mass is 9.82. The molecule has 7 atom stereocenters. The van der Waals surface area contributed by atoms with Crippen LogP contribution in [0.1, 0.15) is 151 Å². The van der Waals surface area contributed by atoms with Gasteiger partial charge in [0.05, 0.1) is 36.7 Å². The molecule has 7 unspecified atom stereocenters. The molecule has 90 heavy (non-hydrogen) atoms. The molecule has 3 amide bonds. The number of benzene rings is 6. The van der Waals surface area contributed by atoms with E-state index >= 15 is 9.18 Å². The van der Waals surface area contributed by atoms with Crippen molar-refractivity contribution >= 4 is 17.7 Å². The van der Waals surface area contributed by atoms with Crippen LogP contribution < -0.4 is 21.0 Å². The number of rotatable bonds is 16. The zero-order valence-corrected chi connectivity index (χ0v) is 50.9. The monoisotopic (exact) mass is 1210 g/mol. The number of amides is 3. The van der Waals surface area contributed by atoms with Crippen LogP contribution in [0.2, 0.25) is 0 Å². The van der Waals surface area contributed by atoms with E-state index in [4.69, 9.17) is 4.74 Å². The minimum Gasteiger partial charge on any atom is -0.502 e. The van der Waals surface area contributed by atoms with Crippen LogP contribution in [-0.4, -0.2) is 110 Å². The number of hydrogen-bond acceptors (Lipinski definition) is 12. The van der Waals surface area contributed by atoms with Gasteiger partial charge in [-0.2, -0.15) is 15.3 Å². The predicted octanol–water partition coefficient (Wildman–Crippen LogP) is 10.2. The number of carbonyl (C=O) groups is 3. The topological polar surface area (TPSA) is 215 Å². The Morgan fingerprint density at radius 2 is 0.967 bits per heavy atom. The highest BCUT2D eigenvalue weighted by Crippen LogP contribution is 2.45. The molecule has 19 heteroatoms. The van der Waals surface area contributed by atoms with E-state index in [-0.39, 0.29) is 60.1 Å². The summed E-state index contributed by atoms with van der Waals surface area (Å²) in [6.45, 7) is 13.9. The van der Waals surface area contributed by atoms with Crippen LogP contribution in [0.15, 0.2) is 179 Å². The van der Waals surface area contributed by atoms with E-state index in [1.807, 2.05) is 146 Å². The molecule has 6 aromatic carbocycles. The van der Waals surface area contributed by atoms with E-state index in [0.29, 0.717) is 29.8 Å². The normalized spacial score (nSPS) is 17.8. The van der Waals surface area contributed by atoms with Gasteiger partial charge in [-0.3, -0.25) is 42.8 Å². The predicted molar refractivity (Wildman–Crippen MR) is 336 cm³/mol. The van der Waals surface area contributed by atoms with E-state index in [1.165, 1.54) is 27.7 Å². The van der Waals surface area contributed by atoms with Gasteiger partial charge >= 0.3 is 0 Å². The lowest BCUT2D eigenvalue weighted by Crippen LogP contribution is -2.51. The van der Waals surface area contributed by atoms with Gasteiger partial charge in [0, 0.05) is 56.0 Å². The molecule has 12 rings (SSSR count). The molecule has 9 aromatic rings. The Bertz CT molecular complexity index is 4470. The first-order chi connectivity index (χ1) is 43.3. The summed E-state index contributed by atoms with van der Waals surface area (Å²) in [6.07, 6.45) is 3.21. The second kappa shape index (κ2) is 24.3. The summed E-state index contributed by atoms with van der Waals surface area (Å²) in [5, 5.41) is 36.5. The molecule has 3 aliphatic rings. The van der Waals surface area contributed by atoms with Crippen LogP contribution in [-0.2, 0) is 6.42 Å². The fraction of sp³-hybridized carbons (Fsp3) is 0.282. The summed E-state index contributed by atoms with van der Waals surface area (Å²) < 4.78 is 27.7. The maximum Gasteiger partial charge on any atom is 0.276 e. The van der Waals surface area contributed by atoms with Crippen LogP contribution in [0.5, 0.6) is 23.0 Å². The van der Waals surface area contributed by atoms with Crippen molar-refractivity contribution in [3.63, 3.8) is 0 Å². The molecule has 0 saturated carbocycles. The van der Waals surface area contributed by atoms with E-state index in [9.17, 15) is 34.2 Å². The number of hydrogen-bond donors (Lipinski definition) is 2. The molecular weight excluding hydrogens is 1140 g/mol. The summed E-state index contributed by atoms with van der Waals surface area (Å²) in [6, 6.07) is 42.4. The first-order valence-corrected chi connectivity index (χ1v) is 30.2. The Hall–Kier alpha value is -10.3. The van der Waals surface area contributed by atoms with Crippen molar-refractivity contribution < 1.29 is 33.7 Å². The molecule has 18 nitrogen and oxygen atoms in total. The highest BCUT2D eigenvalue weighted by molar-refractivity contribution is 5.97. The third kappa shape index (κ3) is 11.1. The SMILES string of the molecule is CCN1CC(C(c2ccccc2)c2cccc(C)c2)n2ncc(=O)c(Oc3cc(C)cc(C(c4cccc(C)c4)C4CN(C(C)Cc5cc(F)cc(C(c6ccccc6)C6CN(C(C)C)C(=O)c7c(O)c(=O)cnn76)c5)C(=O)c5c(O)c(=O)cnn54)c3)c2C1=O.